The average molecular weight is 180 g/mol. The van der Waals surface area contributed by atoms with E-state index < -0.39 is 0 Å². The summed E-state index contributed by atoms with van der Waals surface area (Å²) in [5.41, 5.74) is 0. The molecule has 13 heavy (non-hydrogen) atoms. The van der Waals surface area contributed by atoms with Crippen molar-refractivity contribution in [2.24, 2.45) is 21.8 Å². The highest BCUT2D eigenvalue weighted by Gasteiger charge is 2.56. The van der Waals surface area contributed by atoms with Crippen LogP contribution in [0.5, 0.6) is 0 Å². The summed E-state index contributed by atoms with van der Waals surface area (Å²) in [6.07, 6.45) is 5.26. The summed E-state index contributed by atoms with van der Waals surface area (Å²) in [5, 5.41) is 0. The zero-order valence-electron chi connectivity index (χ0n) is 6.43. The van der Waals surface area contributed by atoms with Crippen LogP contribution in [0.2, 0.25) is 0 Å². The van der Waals surface area contributed by atoms with Crippen molar-refractivity contribution in [3.05, 3.63) is 0 Å². The Morgan fingerprint density at radius 3 is 1.54 bits per heavy atom. The van der Waals surface area contributed by atoms with Gasteiger partial charge in [-0.05, 0) is 24.7 Å². The van der Waals surface area contributed by atoms with Crippen LogP contribution in [-0.2, 0) is 9.59 Å². The standard InChI is InChI=1S/C8H8N2O2.CH4/c11-3-9-7-5-1-2-6(5)8(7)10-4-12;/h5-8H,1-2H2;1H4. The molecule has 0 radical (unpaired) electrons. The largest absolute Gasteiger partial charge is 0.235 e. The van der Waals surface area contributed by atoms with E-state index in [0.29, 0.717) is 11.8 Å². The maximum Gasteiger partial charge on any atom is 0.235 e. The maximum atomic E-state index is 10.0. The van der Waals surface area contributed by atoms with Crippen LogP contribution in [0.1, 0.15) is 20.3 Å². The minimum Gasteiger partial charge on any atom is -0.211 e. The normalized spacial score (nSPS) is 39.1. The SMILES string of the molecule is C.O=C=NC1C2CCC2C1N=C=O. The van der Waals surface area contributed by atoms with E-state index in [1.54, 1.807) is 0 Å². The first kappa shape index (κ1) is 9.85. The third-order valence-corrected chi connectivity index (χ3v) is 3.01. The van der Waals surface area contributed by atoms with Gasteiger partial charge < -0.3 is 0 Å². The minimum absolute atomic E-state index is 0. The van der Waals surface area contributed by atoms with Gasteiger partial charge in [-0.3, -0.25) is 0 Å². The number of carbonyl (C=O) groups excluding carboxylic acids is 2. The first-order valence-electron chi connectivity index (χ1n) is 4.02. The van der Waals surface area contributed by atoms with Gasteiger partial charge >= 0.3 is 0 Å². The lowest BCUT2D eigenvalue weighted by Crippen LogP contribution is -2.59. The van der Waals surface area contributed by atoms with Crippen LogP contribution in [-0.4, -0.2) is 24.2 Å². The second-order valence-corrected chi connectivity index (χ2v) is 3.33. The predicted molar refractivity (Wildman–Crippen MR) is 46.8 cm³/mol. The molecule has 0 aromatic heterocycles. The van der Waals surface area contributed by atoms with Crippen LogP contribution in [0.15, 0.2) is 9.98 Å². The van der Waals surface area contributed by atoms with Gasteiger partial charge in [-0.15, -0.1) is 0 Å². The number of isocyanates is 2. The van der Waals surface area contributed by atoms with Crippen LogP contribution >= 0.6 is 0 Å². The van der Waals surface area contributed by atoms with E-state index in [1.807, 2.05) is 0 Å². The summed E-state index contributed by atoms with van der Waals surface area (Å²) >= 11 is 0. The fourth-order valence-corrected chi connectivity index (χ4v) is 2.23. The Bertz CT molecular complexity index is 260. The molecule has 2 aliphatic rings. The lowest BCUT2D eigenvalue weighted by atomic mass is 9.53. The molecule has 2 rings (SSSR count). The van der Waals surface area contributed by atoms with Gasteiger partial charge in [0.25, 0.3) is 0 Å². The lowest BCUT2D eigenvalue weighted by molar-refractivity contribution is 0.000345. The van der Waals surface area contributed by atoms with Gasteiger partial charge in [-0.2, -0.15) is 9.98 Å². The molecule has 2 aliphatic carbocycles. The Morgan fingerprint density at radius 2 is 1.31 bits per heavy atom. The first-order chi connectivity index (χ1) is 5.88. The van der Waals surface area contributed by atoms with Crippen molar-refractivity contribution in [2.45, 2.75) is 32.4 Å². The highest BCUT2D eigenvalue weighted by molar-refractivity contribution is 5.38. The van der Waals surface area contributed by atoms with E-state index >= 15 is 0 Å². The van der Waals surface area contributed by atoms with Gasteiger partial charge in [0.05, 0.1) is 12.1 Å². The zero-order valence-corrected chi connectivity index (χ0v) is 6.43. The van der Waals surface area contributed by atoms with Gasteiger partial charge in [0.1, 0.15) is 0 Å². The molecule has 4 atom stereocenters. The Labute approximate surface area is 76.8 Å². The second-order valence-electron chi connectivity index (χ2n) is 3.33. The molecule has 70 valence electrons. The van der Waals surface area contributed by atoms with Crippen LogP contribution in [0, 0.1) is 11.8 Å². The first-order valence-corrected chi connectivity index (χ1v) is 4.02. The Morgan fingerprint density at radius 1 is 0.923 bits per heavy atom. The quantitative estimate of drug-likeness (QED) is 0.471. The van der Waals surface area contributed by atoms with Crippen molar-refractivity contribution in [2.75, 3.05) is 0 Å². The molecule has 0 aromatic rings. The monoisotopic (exact) mass is 180 g/mol. The van der Waals surface area contributed by atoms with Gasteiger partial charge in [0, 0.05) is 0 Å². The van der Waals surface area contributed by atoms with Crippen molar-refractivity contribution in [3.8, 4) is 0 Å². The molecule has 0 bridgehead atoms. The van der Waals surface area contributed by atoms with E-state index in [2.05, 4.69) is 9.98 Å². The van der Waals surface area contributed by atoms with Gasteiger partial charge in [-0.1, -0.05) is 7.43 Å². The highest BCUT2D eigenvalue weighted by atomic mass is 16.1. The zero-order chi connectivity index (χ0) is 8.55. The molecule has 0 heterocycles. The number of rotatable bonds is 2. The molecule has 0 amide bonds. The third-order valence-electron chi connectivity index (χ3n) is 3.01. The van der Waals surface area contributed by atoms with Crippen molar-refractivity contribution < 1.29 is 9.59 Å². The fourth-order valence-electron chi connectivity index (χ4n) is 2.23. The summed E-state index contributed by atoms with van der Waals surface area (Å²) in [6, 6.07) is -0.162. The number of nitrogens with zero attached hydrogens (tertiary/aromatic N) is 2. The van der Waals surface area contributed by atoms with Crippen molar-refractivity contribution in [3.63, 3.8) is 0 Å². The fraction of sp³-hybridized carbons (Fsp3) is 0.778. The molecule has 4 heteroatoms. The molecular weight excluding hydrogens is 168 g/mol. The molecule has 0 N–H and O–H groups in total. The molecular formula is C9H12N2O2. The number of hydrogen-bond donors (Lipinski definition) is 0. The van der Waals surface area contributed by atoms with Crippen molar-refractivity contribution >= 4 is 12.2 Å². The topological polar surface area (TPSA) is 58.9 Å². The third kappa shape index (κ3) is 1.24. The van der Waals surface area contributed by atoms with Crippen molar-refractivity contribution in [1.82, 2.24) is 0 Å². The molecule has 0 saturated heterocycles. The molecule has 0 aromatic carbocycles. The van der Waals surface area contributed by atoms with E-state index in [-0.39, 0.29) is 19.5 Å². The average Bonchev–Trinajstić information content (AvgIpc) is 2.02. The molecule has 2 saturated carbocycles. The molecule has 0 spiro atoms. The van der Waals surface area contributed by atoms with Crippen LogP contribution < -0.4 is 0 Å². The minimum atomic E-state index is -0.0808. The predicted octanol–water partition coefficient (Wildman–Crippen LogP) is 1.07. The maximum absolute atomic E-state index is 10.0. The van der Waals surface area contributed by atoms with Gasteiger partial charge in [-0.25, -0.2) is 9.59 Å². The molecule has 2 fully saturated rings. The summed E-state index contributed by atoms with van der Waals surface area (Å²) < 4.78 is 0. The second kappa shape index (κ2) is 3.65. The van der Waals surface area contributed by atoms with E-state index in [1.165, 1.54) is 12.2 Å². The molecule has 4 nitrogen and oxygen atoms in total. The number of aliphatic imine (C=N–C) groups is 2. The smallest absolute Gasteiger partial charge is 0.211 e. The van der Waals surface area contributed by atoms with Crippen LogP contribution in [0.4, 0.5) is 0 Å². The summed E-state index contributed by atoms with van der Waals surface area (Å²) in [7, 11) is 0. The van der Waals surface area contributed by atoms with E-state index in [9.17, 15) is 9.59 Å². The van der Waals surface area contributed by atoms with Gasteiger partial charge in [0.2, 0.25) is 12.2 Å². The van der Waals surface area contributed by atoms with Crippen LogP contribution in [0.3, 0.4) is 0 Å². The van der Waals surface area contributed by atoms with E-state index in [4.69, 9.17) is 0 Å². The van der Waals surface area contributed by atoms with E-state index in [0.717, 1.165) is 12.8 Å². The van der Waals surface area contributed by atoms with Crippen molar-refractivity contribution in [1.29, 1.82) is 0 Å². The van der Waals surface area contributed by atoms with Crippen LogP contribution in [0.25, 0.3) is 0 Å². The summed E-state index contributed by atoms with van der Waals surface area (Å²) in [6.45, 7) is 0. The lowest BCUT2D eigenvalue weighted by Gasteiger charge is -2.54. The highest BCUT2D eigenvalue weighted by Crippen LogP contribution is 2.52. The number of fused-ring (bicyclic) bond motifs is 1. The van der Waals surface area contributed by atoms with Gasteiger partial charge in [0.15, 0.2) is 0 Å². The Balaban J connectivity index is 0.000000845. The Hall–Kier alpha value is -1.24. The Kier molecular flexibility index (Phi) is 2.76. The number of hydrogen-bond acceptors (Lipinski definition) is 4. The molecule has 0 aliphatic heterocycles. The summed E-state index contributed by atoms with van der Waals surface area (Å²) in [4.78, 5) is 27.3. The summed E-state index contributed by atoms with van der Waals surface area (Å²) in [5.74, 6) is 0.960. The molecule has 4 unspecified atom stereocenters.